The van der Waals surface area contributed by atoms with E-state index in [-0.39, 0.29) is 11.6 Å². The Bertz CT molecular complexity index is 1110. The van der Waals surface area contributed by atoms with E-state index in [0.717, 1.165) is 11.1 Å². The third-order valence-electron chi connectivity index (χ3n) is 5.21. The van der Waals surface area contributed by atoms with Crippen molar-refractivity contribution in [2.75, 3.05) is 5.32 Å². The first kappa shape index (κ1) is 21.1. The van der Waals surface area contributed by atoms with Gasteiger partial charge in [0.2, 0.25) is 0 Å². The molecule has 0 saturated heterocycles. The van der Waals surface area contributed by atoms with Crippen LogP contribution in [0, 0.1) is 0 Å². The van der Waals surface area contributed by atoms with Gasteiger partial charge < -0.3 is 20.2 Å². The van der Waals surface area contributed by atoms with E-state index in [2.05, 4.69) is 10.6 Å². The molecule has 0 radical (unpaired) electrons. The highest BCUT2D eigenvalue weighted by Crippen LogP contribution is 2.45. The van der Waals surface area contributed by atoms with E-state index < -0.39 is 11.6 Å². The van der Waals surface area contributed by atoms with Gasteiger partial charge >= 0.3 is 6.03 Å². The summed E-state index contributed by atoms with van der Waals surface area (Å²) in [6.07, 6.45) is 1.18. The minimum atomic E-state index is -0.968. The lowest BCUT2D eigenvalue weighted by Crippen LogP contribution is -2.28. The van der Waals surface area contributed by atoms with Gasteiger partial charge in [0.15, 0.2) is 0 Å². The third kappa shape index (κ3) is 4.16. The summed E-state index contributed by atoms with van der Waals surface area (Å²) in [4.78, 5) is 12.4. The molecule has 1 unspecified atom stereocenters. The second kappa shape index (κ2) is 8.16. The lowest BCUT2D eigenvalue weighted by atomic mass is 9.98. The average molecular weight is 466 g/mol. The number of anilines is 1. The van der Waals surface area contributed by atoms with Crippen LogP contribution < -0.4 is 10.6 Å². The SMILES string of the molecule is CC1(O)CCc2c1cc(Cl)c(NC(=O)NCc1ccc(-c3ccc(Cl)cc3)o1)c2Cl. The van der Waals surface area contributed by atoms with Gasteiger partial charge in [-0.25, -0.2) is 4.79 Å². The van der Waals surface area contributed by atoms with Crippen LogP contribution in [-0.2, 0) is 18.6 Å². The number of fused-ring (bicyclic) bond motifs is 1. The Morgan fingerprint density at radius 3 is 2.63 bits per heavy atom. The van der Waals surface area contributed by atoms with Crippen LogP contribution >= 0.6 is 34.8 Å². The number of rotatable bonds is 4. The van der Waals surface area contributed by atoms with Crippen LogP contribution in [0.25, 0.3) is 11.3 Å². The second-order valence-corrected chi connectivity index (χ2v) is 8.65. The molecule has 8 heteroatoms. The van der Waals surface area contributed by atoms with E-state index in [1.165, 1.54) is 0 Å². The zero-order valence-electron chi connectivity index (χ0n) is 16.1. The molecule has 30 heavy (non-hydrogen) atoms. The number of aliphatic hydroxyl groups is 1. The van der Waals surface area contributed by atoms with E-state index in [1.54, 1.807) is 31.2 Å². The first-order valence-corrected chi connectivity index (χ1v) is 10.5. The van der Waals surface area contributed by atoms with Crippen LogP contribution in [0.15, 0.2) is 46.9 Å². The summed E-state index contributed by atoms with van der Waals surface area (Å²) >= 11 is 18.7. The first-order valence-electron chi connectivity index (χ1n) is 9.38. The molecule has 1 heterocycles. The number of urea groups is 1. The van der Waals surface area contributed by atoms with Crippen LogP contribution in [0.1, 0.15) is 30.2 Å². The van der Waals surface area contributed by atoms with E-state index >= 15 is 0 Å². The molecule has 2 amide bonds. The summed E-state index contributed by atoms with van der Waals surface area (Å²) in [6.45, 7) is 1.92. The molecule has 0 fully saturated rings. The molecule has 156 valence electrons. The fourth-order valence-electron chi connectivity index (χ4n) is 3.57. The first-order chi connectivity index (χ1) is 14.2. The maximum absolute atomic E-state index is 12.4. The Kier molecular flexibility index (Phi) is 5.73. The molecule has 0 spiro atoms. The Morgan fingerprint density at radius 1 is 1.17 bits per heavy atom. The monoisotopic (exact) mass is 464 g/mol. The smallest absolute Gasteiger partial charge is 0.319 e. The normalized spacial score (nSPS) is 17.6. The zero-order chi connectivity index (χ0) is 21.5. The van der Waals surface area contributed by atoms with Crippen molar-refractivity contribution >= 4 is 46.5 Å². The quantitative estimate of drug-likeness (QED) is 0.418. The fourth-order valence-corrected chi connectivity index (χ4v) is 4.34. The van der Waals surface area contributed by atoms with E-state index in [0.29, 0.717) is 45.7 Å². The number of benzene rings is 2. The van der Waals surface area contributed by atoms with E-state index in [4.69, 9.17) is 39.2 Å². The van der Waals surface area contributed by atoms with E-state index in [1.807, 2.05) is 18.2 Å². The maximum atomic E-state index is 12.4. The van der Waals surface area contributed by atoms with Crippen LogP contribution in [0.4, 0.5) is 10.5 Å². The summed E-state index contributed by atoms with van der Waals surface area (Å²) in [7, 11) is 0. The van der Waals surface area contributed by atoms with Crippen molar-refractivity contribution in [3.05, 3.63) is 74.4 Å². The number of carbonyl (C=O) groups is 1. The Hall–Kier alpha value is -2.18. The topological polar surface area (TPSA) is 74.5 Å². The molecule has 5 nitrogen and oxygen atoms in total. The van der Waals surface area contributed by atoms with Crippen molar-refractivity contribution in [1.82, 2.24) is 5.32 Å². The zero-order valence-corrected chi connectivity index (χ0v) is 18.3. The van der Waals surface area contributed by atoms with Gasteiger partial charge in [-0.05, 0) is 73.4 Å². The molecule has 2 aromatic carbocycles. The number of hydrogen-bond donors (Lipinski definition) is 3. The van der Waals surface area contributed by atoms with Gasteiger partial charge in [-0.15, -0.1) is 0 Å². The molecular weight excluding hydrogens is 447 g/mol. The van der Waals surface area contributed by atoms with Gasteiger partial charge in [-0.1, -0.05) is 34.8 Å². The number of hydrogen-bond acceptors (Lipinski definition) is 3. The van der Waals surface area contributed by atoms with Crippen LogP contribution in [0.2, 0.25) is 15.1 Å². The Balaban J connectivity index is 1.42. The summed E-state index contributed by atoms with van der Waals surface area (Å²) in [5.74, 6) is 1.28. The lowest BCUT2D eigenvalue weighted by Gasteiger charge is -2.19. The average Bonchev–Trinajstić information content (AvgIpc) is 3.29. The number of carbonyl (C=O) groups excluding carboxylic acids is 1. The molecule has 3 N–H and O–H groups in total. The molecule has 3 aromatic rings. The molecule has 1 aliphatic carbocycles. The molecule has 0 saturated carbocycles. The van der Waals surface area contributed by atoms with Gasteiger partial charge in [0.05, 0.1) is 27.9 Å². The minimum absolute atomic E-state index is 0.189. The van der Waals surface area contributed by atoms with Gasteiger partial charge in [-0.3, -0.25) is 0 Å². The number of furan rings is 1. The number of halogens is 3. The van der Waals surface area contributed by atoms with Crippen molar-refractivity contribution in [1.29, 1.82) is 0 Å². The third-order valence-corrected chi connectivity index (χ3v) is 6.18. The van der Waals surface area contributed by atoms with Gasteiger partial charge in [0.1, 0.15) is 11.5 Å². The standard InChI is InChI=1S/C22H19Cl3N2O3/c1-22(29)9-8-15-16(22)10-17(24)20(19(15)25)27-21(28)26-11-14-6-7-18(30-14)12-2-4-13(23)5-3-12/h2-7,10,29H,8-9,11H2,1H3,(H2,26,27,28). The minimum Gasteiger partial charge on any atom is -0.459 e. The number of nitrogens with one attached hydrogen (secondary N) is 2. The molecule has 1 aliphatic rings. The van der Waals surface area contributed by atoms with Gasteiger partial charge in [0, 0.05) is 10.6 Å². The largest absolute Gasteiger partial charge is 0.459 e. The summed E-state index contributed by atoms with van der Waals surface area (Å²) in [6, 6.07) is 12.1. The molecule has 1 atom stereocenters. The Morgan fingerprint density at radius 2 is 1.90 bits per heavy atom. The highest BCUT2D eigenvalue weighted by molar-refractivity contribution is 6.40. The van der Waals surface area contributed by atoms with Crippen molar-refractivity contribution in [3.8, 4) is 11.3 Å². The van der Waals surface area contributed by atoms with Crippen LogP contribution in [-0.4, -0.2) is 11.1 Å². The van der Waals surface area contributed by atoms with Gasteiger partial charge in [-0.2, -0.15) is 0 Å². The Labute approximate surface area is 188 Å². The molecule has 0 aliphatic heterocycles. The van der Waals surface area contributed by atoms with Crippen molar-refractivity contribution in [2.24, 2.45) is 0 Å². The van der Waals surface area contributed by atoms with Crippen LogP contribution in [0.3, 0.4) is 0 Å². The summed E-state index contributed by atoms with van der Waals surface area (Å²) in [5, 5.41) is 17.2. The molecule has 0 bridgehead atoms. The summed E-state index contributed by atoms with van der Waals surface area (Å²) in [5.41, 5.74) is 1.76. The van der Waals surface area contributed by atoms with Gasteiger partial charge in [0.25, 0.3) is 0 Å². The molecule has 4 rings (SSSR count). The predicted molar refractivity (Wildman–Crippen MR) is 119 cm³/mol. The highest BCUT2D eigenvalue weighted by atomic mass is 35.5. The predicted octanol–water partition coefficient (Wildman–Crippen LogP) is 6.38. The molecule has 1 aromatic heterocycles. The maximum Gasteiger partial charge on any atom is 0.319 e. The van der Waals surface area contributed by atoms with E-state index in [9.17, 15) is 9.90 Å². The van der Waals surface area contributed by atoms with Crippen LogP contribution in [0.5, 0.6) is 0 Å². The summed E-state index contributed by atoms with van der Waals surface area (Å²) < 4.78 is 5.78. The van der Waals surface area contributed by atoms with Crippen molar-refractivity contribution in [3.63, 3.8) is 0 Å². The fraction of sp³-hybridized carbons (Fsp3) is 0.227. The van der Waals surface area contributed by atoms with Crippen molar-refractivity contribution in [2.45, 2.75) is 31.9 Å². The van der Waals surface area contributed by atoms with Crippen molar-refractivity contribution < 1.29 is 14.3 Å². The second-order valence-electron chi connectivity index (χ2n) is 7.43. The number of amides is 2. The molecular formula is C22H19Cl3N2O3. The lowest BCUT2D eigenvalue weighted by molar-refractivity contribution is 0.0595. The highest BCUT2D eigenvalue weighted by Gasteiger charge is 2.35.